The Morgan fingerprint density at radius 2 is 1.71 bits per heavy atom. The highest BCUT2D eigenvalue weighted by Gasteiger charge is 2.25. The molecule has 5 rings (SSSR count). The van der Waals surface area contributed by atoms with Gasteiger partial charge in [0, 0.05) is 54.6 Å². The molecule has 5 N–H and O–H groups in total. The van der Waals surface area contributed by atoms with Gasteiger partial charge in [-0.1, -0.05) is 0 Å². The van der Waals surface area contributed by atoms with E-state index in [4.69, 9.17) is 5.73 Å². The summed E-state index contributed by atoms with van der Waals surface area (Å²) in [5.41, 5.74) is 7.13. The summed E-state index contributed by atoms with van der Waals surface area (Å²) in [4.78, 5) is 6.40. The number of nitrogens with zero attached hydrogens (tertiary/aromatic N) is 4. The van der Waals surface area contributed by atoms with E-state index in [-0.39, 0.29) is 75.4 Å². The first-order chi connectivity index (χ1) is 16.0. The minimum absolute atomic E-state index is 0. The molecule has 1 aliphatic heterocycles. The van der Waals surface area contributed by atoms with Gasteiger partial charge < -0.3 is 21.1 Å². The van der Waals surface area contributed by atoms with Crippen molar-refractivity contribution in [2.75, 3.05) is 36.8 Å². The Morgan fingerprint density at radius 1 is 1.03 bits per heavy atom. The molecule has 2 aromatic carbocycles. The fraction of sp³-hybridized carbons (Fsp3) is 0.174. The molecule has 4 aromatic rings. The van der Waals surface area contributed by atoms with E-state index in [9.17, 15) is 14.8 Å². The number of nitrogens with one attached hydrogen (secondary N) is 2. The van der Waals surface area contributed by atoms with Gasteiger partial charge in [-0.25, -0.2) is 13.8 Å². The van der Waals surface area contributed by atoms with E-state index in [1.807, 2.05) is 6.07 Å². The Morgan fingerprint density at radius 3 is 2.37 bits per heavy atom. The number of piperazine rings is 1. The number of rotatable bonds is 3. The monoisotopic (exact) mass is 519 g/mol. The van der Waals surface area contributed by atoms with E-state index in [0.29, 0.717) is 0 Å². The normalized spacial score (nSPS) is 13.1. The lowest BCUT2D eigenvalue weighted by atomic mass is 9.93. The molecule has 1 aliphatic rings. The van der Waals surface area contributed by atoms with Gasteiger partial charge in [-0.3, -0.25) is 5.10 Å². The van der Waals surface area contributed by atoms with E-state index >= 15 is 4.39 Å². The average molecular weight is 520 g/mol. The molecule has 0 spiro atoms. The molecule has 1 fully saturated rings. The van der Waals surface area contributed by atoms with Crippen molar-refractivity contribution in [3.05, 3.63) is 53.6 Å². The molecule has 0 unspecified atom stereocenters. The van der Waals surface area contributed by atoms with E-state index in [2.05, 4.69) is 25.4 Å². The van der Waals surface area contributed by atoms with Crippen molar-refractivity contribution < 1.29 is 13.9 Å². The lowest BCUT2D eigenvalue weighted by molar-refractivity contribution is 0.469. The van der Waals surface area contributed by atoms with Gasteiger partial charge in [0.15, 0.2) is 5.65 Å². The van der Waals surface area contributed by atoms with Crippen molar-refractivity contribution in [1.29, 1.82) is 5.26 Å². The van der Waals surface area contributed by atoms with Crippen LogP contribution >= 0.6 is 24.8 Å². The maximum Gasteiger partial charge on any atom is 0.184 e. The number of aromatic hydroxyl groups is 1. The fourth-order valence-electron chi connectivity index (χ4n) is 4.17. The summed E-state index contributed by atoms with van der Waals surface area (Å²) in [6, 6.07) is 10.4. The number of H-pyrrole nitrogens is 1. The highest BCUT2D eigenvalue weighted by molar-refractivity contribution is 6.05. The number of phenols is 1. The van der Waals surface area contributed by atoms with Gasteiger partial charge in [-0.05, 0) is 30.3 Å². The molecule has 0 saturated carbocycles. The first-order valence-corrected chi connectivity index (χ1v) is 10.3. The second kappa shape index (κ2) is 10.3. The van der Waals surface area contributed by atoms with Gasteiger partial charge in [-0.2, -0.15) is 10.4 Å². The molecule has 0 radical (unpaired) electrons. The summed E-state index contributed by atoms with van der Waals surface area (Å²) < 4.78 is 30.2. The standard InChI is InChI=1S/C23H19F2N7O.2ClH/c24-17-9-12(32-7-5-28-6-8-32)1-3-14(17)19-16(11-26)21(15-4-2-13(33)10-18(15)25)29-23-20(19)22(27)30-31-23;;/h1-4,9-10,28,33H,5-8H2,(H3,27,29,30,31);2*1H. The van der Waals surface area contributed by atoms with Gasteiger partial charge in [0.1, 0.15) is 29.3 Å². The van der Waals surface area contributed by atoms with Crippen LogP contribution in [0.25, 0.3) is 33.4 Å². The Balaban J connectivity index is 0.00000171. The molecule has 12 heteroatoms. The number of aromatic nitrogens is 3. The van der Waals surface area contributed by atoms with Crippen molar-refractivity contribution in [2.45, 2.75) is 0 Å². The van der Waals surface area contributed by atoms with Gasteiger partial charge >= 0.3 is 0 Å². The number of pyridine rings is 1. The van der Waals surface area contributed by atoms with Crippen molar-refractivity contribution in [1.82, 2.24) is 20.5 Å². The third kappa shape index (κ3) is 4.53. The van der Waals surface area contributed by atoms with Crippen molar-refractivity contribution >= 4 is 47.4 Å². The van der Waals surface area contributed by atoms with Crippen molar-refractivity contribution in [2.24, 2.45) is 0 Å². The lowest BCUT2D eigenvalue weighted by Crippen LogP contribution is -2.43. The predicted octanol–water partition coefficient (Wildman–Crippen LogP) is 3.98. The summed E-state index contributed by atoms with van der Waals surface area (Å²) in [6.45, 7) is 3.11. The number of fused-ring (bicyclic) bond motifs is 1. The largest absolute Gasteiger partial charge is 0.508 e. The summed E-state index contributed by atoms with van der Waals surface area (Å²) >= 11 is 0. The zero-order valence-electron chi connectivity index (χ0n) is 18.2. The Hall–Kier alpha value is -3.65. The van der Waals surface area contributed by atoms with Crippen LogP contribution in [0.3, 0.4) is 0 Å². The number of nitrogen functional groups attached to an aromatic ring is 1. The molecular formula is C23H21Cl2F2N7O. The highest BCUT2D eigenvalue weighted by atomic mass is 35.5. The van der Waals surface area contributed by atoms with Crippen LogP contribution in [0.4, 0.5) is 20.3 Å². The third-order valence-electron chi connectivity index (χ3n) is 5.75. The smallest absolute Gasteiger partial charge is 0.184 e. The van der Waals surface area contributed by atoms with Crippen LogP contribution < -0.4 is 16.0 Å². The molecule has 0 bridgehead atoms. The maximum absolute atomic E-state index is 15.5. The van der Waals surface area contributed by atoms with E-state index < -0.39 is 11.6 Å². The maximum atomic E-state index is 15.5. The van der Waals surface area contributed by atoms with Gasteiger partial charge in [0.2, 0.25) is 0 Å². The average Bonchev–Trinajstić information content (AvgIpc) is 3.19. The summed E-state index contributed by atoms with van der Waals surface area (Å²) in [7, 11) is 0. The predicted molar refractivity (Wildman–Crippen MR) is 135 cm³/mol. The van der Waals surface area contributed by atoms with Crippen LogP contribution in [-0.2, 0) is 0 Å². The second-order valence-corrected chi connectivity index (χ2v) is 7.72. The molecule has 1 saturated heterocycles. The van der Waals surface area contributed by atoms with E-state index in [1.165, 1.54) is 18.2 Å². The fourth-order valence-corrected chi connectivity index (χ4v) is 4.17. The number of benzene rings is 2. The summed E-state index contributed by atoms with van der Waals surface area (Å²) in [5.74, 6) is -1.47. The van der Waals surface area contributed by atoms with Crippen molar-refractivity contribution in [3.8, 4) is 34.2 Å². The Labute approximate surface area is 211 Å². The SMILES string of the molecule is Cl.Cl.N#Cc1c(-c2ccc(O)cc2F)nc2n[nH]c(N)c2c1-c1ccc(N2CCNCC2)cc1F. The molecule has 2 aromatic heterocycles. The number of hydrogen-bond donors (Lipinski definition) is 4. The number of halogens is 4. The Kier molecular flexibility index (Phi) is 7.65. The first-order valence-electron chi connectivity index (χ1n) is 10.3. The van der Waals surface area contributed by atoms with Gasteiger partial charge in [0.25, 0.3) is 0 Å². The molecule has 0 aliphatic carbocycles. The first kappa shape index (κ1) is 26.0. The quantitative estimate of drug-likeness (QED) is 0.322. The molecule has 0 atom stereocenters. The Bertz CT molecular complexity index is 1430. The summed E-state index contributed by atoms with van der Waals surface area (Å²) in [5, 5.41) is 29.8. The number of nitrogens with two attached hydrogens (primary N) is 1. The topological polar surface area (TPSA) is 127 Å². The number of nitriles is 1. The molecule has 35 heavy (non-hydrogen) atoms. The minimum Gasteiger partial charge on any atom is -0.508 e. The minimum atomic E-state index is -0.776. The zero-order valence-corrected chi connectivity index (χ0v) is 19.8. The van der Waals surface area contributed by atoms with Crippen LogP contribution in [0.1, 0.15) is 5.56 Å². The number of anilines is 2. The zero-order chi connectivity index (χ0) is 23.1. The number of hydrogen-bond acceptors (Lipinski definition) is 7. The van der Waals surface area contributed by atoms with Crippen LogP contribution in [0.2, 0.25) is 0 Å². The number of phenolic OH excluding ortho intramolecular Hbond substituents is 1. The second-order valence-electron chi connectivity index (χ2n) is 7.72. The molecule has 182 valence electrons. The third-order valence-corrected chi connectivity index (χ3v) is 5.75. The van der Waals surface area contributed by atoms with Gasteiger partial charge in [0.05, 0.1) is 16.6 Å². The molecule has 8 nitrogen and oxygen atoms in total. The van der Waals surface area contributed by atoms with Crippen LogP contribution in [0.5, 0.6) is 5.75 Å². The molecule has 3 heterocycles. The lowest BCUT2D eigenvalue weighted by Gasteiger charge is -2.29. The van der Waals surface area contributed by atoms with Gasteiger partial charge in [-0.15, -0.1) is 24.8 Å². The number of aromatic amines is 1. The van der Waals surface area contributed by atoms with Crippen molar-refractivity contribution in [3.63, 3.8) is 0 Å². The van der Waals surface area contributed by atoms with E-state index in [1.54, 1.807) is 12.1 Å². The molecular weight excluding hydrogens is 499 g/mol. The van der Waals surface area contributed by atoms with Crippen LogP contribution in [0.15, 0.2) is 36.4 Å². The summed E-state index contributed by atoms with van der Waals surface area (Å²) in [6.07, 6.45) is 0. The van der Waals surface area contributed by atoms with Crippen LogP contribution in [0, 0.1) is 23.0 Å². The molecule has 0 amide bonds. The highest BCUT2D eigenvalue weighted by Crippen LogP contribution is 2.40. The van der Waals surface area contributed by atoms with Crippen LogP contribution in [-0.4, -0.2) is 46.5 Å². The van der Waals surface area contributed by atoms with E-state index in [0.717, 1.165) is 37.9 Å².